The molecule has 3 heteroatoms. The predicted octanol–water partition coefficient (Wildman–Crippen LogP) is 0.538. The average Bonchev–Trinajstić information content (AvgIpc) is 2.46. The van der Waals surface area contributed by atoms with E-state index in [1.807, 2.05) is 6.92 Å². The molecule has 10 heavy (non-hydrogen) atoms. The molecule has 0 bridgehead atoms. The summed E-state index contributed by atoms with van der Waals surface area (Å²) in [6.07, 6.45) is 1.12. The fraction of sp³-hybridized carbons (Fsp3) is 1.00. The Balaban J connectivity index is 2.03. The van der Waals surface area contributed by atoms with Gasteiger partial charge in [0.15, 0.2) is 5.79 Å². The van der Waals surface area contributed by atoms with E-state index in [2.05, 4.69) is 0 Å². The molecule has 0 saturated carbocycles. The first-order valence-electron chi connectivity index (χ1n) is 3.70. The van der Waals surface area contributed by atoms with Crippen LogP contribution in [0.2, 0.25) is 0 Å². The molecule has 2 unspecified atom stereocenters. The van der Waals surface area contributed by atoms with Crippen molar-refractivity contribution in [2.45, 2.75) is 25.2 Å². The summed E-state index contributed by atoms with van der Waals surface area (Å²) in [4.78, 5) is 0. The largest absolute Gasteiger partial charge is 0.376 e. The summed E-state index contributed by atoms with van der Waals surface area (Å²) >= 11 is 0. The van der Waals surface area contributed by atoms with Crippen molar-refractivity contribution in [3.05, 3.63) is 0 Å². The Kier molecular flexibility index (Phi) is 1.44. The molecule has 0 aromatic rings. The summed E-state index contributed by atoms with van der Waals surface area (Å²) < 4.78 is 16.2. The molecule has 2 saturated heterocycles. The van der Waals surface area contributed by atoms with Crippen LogP contribution in [-0.4, -0.2) is 31.7 Å². The minimum Gasteiger partial charge on any atom is -0.376 e. The highest BCUT2D eigenvalue weighted by Gasteiger charge is 2.43. The first-order valence-corrected chi connectivity index (χ1v) is 3.70. The monoisotopic (exact) mass is 144 g/mol. The fourth-order valence-electron chi connectivity index (χ4n) is 1.44. The zero-order chi connectivity index (χ0) is 7.03. The molecule has 2 heterocycles. The van der Waals surface area contributed by atoms with E-state index in [0.29, 0.717) is 13.2 Å². The van der Waals surface area contributed by atoms with Crippen LogP contribution in [0.1, 0.15) is 13.3 Å². The molecule has 0 aromatic heterocycles. The summed E-state index contributed by atoms with van der Waals surface area (Å²) in [7, 11) is 0. The zero-order valence-electron chi connectivity index (χ0n) is 6.13. The summed E-state index contributed by atoms with van der Waals surface area (Å²) in [5.41, 5.74) is 0. The van der Waals surface area contributed by atoms with Crippen LogP contribution in [0.15, 0.2) is 0 Å². The minimum absolute atomic E-state index is 0.238. The van der Waals surface area contributed by atoms with Gasteiger partial charge in [-0.3, -0.25) is 0 Å². The molecule has 0 amide bonds. The minimum atomic E-state index is -0.362. The first-order chi connectivity index (χ1) is 4.81. The lowest BCUT2D eigenvalue weighted by Crippen LogP contribution is -2.30. The van der Waals surface area contributed by atoms with E-state index in [9.17, 15) is 0 Å². The van der Waals surface area contributed by atoms with Gasteiger partial charge in [0, 0.05) is 6.42 Å². The normalized spacial score (nSPS) is 47.1. The molecular weight excluding hydrogens is 132 g/mol. The predicted molar refractivity (Wildman–Crippen MR) is 34.7 cm³/mol. The van der Waals surface area contributed by atoms with E-state index < -0.39 is 0 Å². The number of hydrogen-bond acceptors (Lipinski definition) is 3. The van der Waals surface area contributed by atoms with Crippen molar-refractivity contribution in [2.75, 3.05) is 19.8 Å². The topological polar surface area (TPSA) is 27.7 Å². The lowest BCUT2D eigenvalue weighted by atomic mass is 10.2. The number of rotatable bonds is 0. The van der Waals surface area contributed by atoms with Crippen molar-refractivity contribution in [1.29, 1.82) is 0 Å². The SMILES string of the molecule is CC1COC2(CCOC2)O1. The van der Waals surface area contributed by atoms with Gasteiger partial charge in [-0.1, -0.05) is 0 Å². The Labute approximate surface area is 60.3 Å². The molecule has 0 N–H and O–H groups in total. The molecule has 1 spiro atoms. The number of ether oxygens (including phenoxy) is 3. The van der Waals surface area contributed by atoms with E-state index in [4.69, 9.17) is 14.2 Å². The molecule has 2 rings (SSSR count). The molecule has 0 aliphatic carbocycles. The highest BCUT2D eigenvalue weighted by molar-refractivity contribution is 4.80. The van der Waals surface area contributed by atoms with Crippen LogP contribution in [0, 0.1) is 0 Å². The van der Waals surface area contributed by atoms with E-state index >= 15 is 0 Å². The second-order valence-corrected chi connectivity index (χ2v) is 2.95. The van der Waals surface area contributed by atoms with E-state index in [1.165, 1.54) is 0 Å². The summed E-state index contributed by atoms with van der Waals surface area (Å²) in [6.45, 7) is 4.11. The van der Waals surface area contributed by atoms with E-state index in [-0.39, 0.29) is 11.9 Å². The van der Waals surface area contributed by atoms with Gasteiger partial charge in [0.05, 0.1) is 19.3 Å². The molecule has 0 radical (unpaired) electrons. The summed E-state index contributed by atoms with van der Waals surface area (Å²) in [5.74, 6) is -0.362. The summed E-state index contributed by atoms with van der Waals surface area (Å²) in [5, 5.41) is 0. The Hall–Kier alpha value is -0.120. The molecule has 2 aliphatic rings. The van der Waals surface area contributed by atoms with Crippen LogP contribution < -0.4 is 0 Å². The highest BCUT2D eigenvalue weighted by atomic mass is 16.8. The maximum Gasteiger partial charge on any atom is 0.194 e. The molecule has 2 aliphatic heterocycles. The van der Waals surface area contributed by atoms with Gasteiger partial charge < -0.3 is 14.2 Å². The van der Waals surface area contributed by atoms with Crippen molar-refractivity contribution < 1.29 is 14.2 Å². The van der Waals surface area contributed by atoms with Gasteiger partial charge >= 0.3 is 0 Å². The first kappa shape index (κ1) is 6.58. The van der Waals surface area contributed by atoms with Crippen LogP contribution in [0.5, 0.6) is 0 Å². The second-order valence-electron chi connectivity index (χ2n) is 2.95. The van der Waals surface area contributed by atoms with Crippen LogP contribution in [0.3, 0.4) is 0 Å². The van der Waals surface area contributed by atoms with Gasteiger partial charge in [-0.2, -0.15) is 0 Å². The van der Waals surface area contributed by atoms with E-state index in [0.717, 1.165) is 13.0 Å². The van der Waals surface area contributed by atoms with Crippen molar-refractivity contribution >= 4 is 0 Å². The molecule has 2 fully saturated rings. The lowest BCUT2D eigenvalue weighted by Gasteiger charge is -2.18. The van der Waals surface area contributed by atoms with Gasteiger partial charge in [-0.05, 0) is 6.92 Å². The van der Waals surface area contributed by atoms with Crippen LogP contribution in [0.25, 0.3) is 0 Å². The Morgan fingerprint density at radius 2 is 2.40 bits per heavy atom. The zero-order valence-corrected chi connectivity index (χ0v) is 6.13. The van der Waals surface area contributed by atoms with Crippen LogP contribution in [0.4, 0.5) is 0 Å². The van der Waals surface area contributed by atoms with Gasteiger partial charge in [0.2, 0.25) is 0 Å². The van der Waals surface area contributed by atoms with Crippen molar-refractivity contribution in [3.63, 3.8) is 0 Å². The Bertz CT molecular complexity index is 129. The van der Waals surface area contributed by atoms with E-state index in [1.54, 1.807) is 0 Å². The van der Waals surface area contributed by atoms with Crippen LogP contribution in [-0.2, 0) is 14.2 Å². The molecule has 3 nitrogen and oxygen atoms in total. The third-order valence-corrected chi connectivity index (χ3v) is 1.95. The standard InChI is InChI=1S/C7H12O3/c1-6-4-9-7(10-6)2-3-8-5-7/h6H,2-5H2,1H3. The van der Waals surface area contributed by atoms with Gasteiger partial charge in [0.25, 0.3) is 0 Å². The van der Waals surface area contributed by atoms with Crippen molar-refractivity contribution in [3.8, 4) is 0 Å². The number of hydrogen-bond donors (Lipinski definition) is 0. The Morgan fingerprint density at radius 3 is 2.90 bits per heavy atom. The Morgan fingerprint density at radius 1 is 1.50 bits per heavy atom. The molecule has 2 atom stereocenters. The molecule has 58 valence electrons. The lowest BCUT2D eigenvalue weighted by molar-refractivity contribution is -0.163. The molecular formula is C7H12O3. The van der Waals surface area contributed by atoms with Gasteiger partial charge in [-0.15, -0.1) is 0 Å². The average molecular weight is 144 g/mol. The fourth-order valence-corrected chi connectivity index (χ4v) is 1.44. The second kappa shape index (κ2) is 2.19. The van der Waals surface area contributed by atoms with Gasteiger partial charge in [-0.25, -0.2) is 0 Å². The van der Waals surface area contributed by atoms with Crippen LogP contribution >= 0.6 is 0 Å². The van der Waals surface area contributed by atoms with Crippen molar-refractivity contribution in [1.82, 2.24) is 0 Å². The highest BCUT2D eigenvalue weighted by Crippen LogP contribution is 2.31. The third kappa shape index (κ3) is 0.944. The smallest absolute Gasteiger partial charge is 0.194 e. The van der Waals surface area contributed by atoms with Gasteiger partial charge in [0.1, 0.15) is 6.61 Å². The quantitative estimate of drug-likeness (QED) is 0.496. The summed E-state index contributed by atoms with van der Waals surface area (Å²) in [6, 6.07) is 0. The maximum atomic E-state index is 5.56. The molecule has 0 aromatic carbocycles. The van der Waals surface area contributed by atoms with Crippen molar-refractivity contribution in [2.24, 2.45) is 0 Å². The third-order valence-electron chi connectivity index (χ3n) is 1.95. The maximum absolute atomic E-state index is 5.56.